The number of phenols is 2. The summed E-state index contributed by atoms with van der Waals surface area (Å²) in [7, 11) is 2.87. The Labute approximate surface area is 338 Å². The monoisotopic (exact) mass is 822 g/mol. The van der Waals surface area contributed by atoms with Crippen LogP contribution in [0, 0.1) is 5.92 Å². The summed E-state index contributed by atoms with van der Waals surface area (Å²) in [4.78, 5) is 89.8. The van der Waals surface area contributed by atoms with Gasteiger partial charge in [-0.05, 0) is 61.1 Å². The number of imidazole rings is 1. The van der Waals surface area contributed by atoms with E-state index in [1.807, 2.05) is 13.8 Å². The quantitative estimate of drug-likeness (QED) is 0.138. The first-order valence-corrected chi connectivity index (χ1v) is 21.2. The minimum Gasteiger partial charge on any atom is -0.508 e. The molecule has 57 heavy (non-hydrogen) atoms. The zero-order valence-electron chi connectivity index (χ0n) is 31.9. The highest BCUT2D eigenvalue weighted by Gasteiger charge is 2.36. The first-order valence-electron chi connectivity index (χ1n) is 18.8. The third-order valence-corrected chi connectivity index (χ3v) is 12.5. The van der Waals surface area contributed by atoms with E-state index < -0.39 is 59.9 Å². The fourth-order valence-electron chi connectivity index (χ4n) is 6.48. The van der Waals surface area contributed by atoms with Gasteiger partial charge in [-0.2, -0.15) is 0 Å². The number of fused-ring (bicyclic) bond motifs is 2. The van der Waals surface area contributed by atoms with Crippen LogP contribution in [-0.2, 0) is 48.0 Å². The van der Waals surface area contributed by atoms with Crippen LogP contribution in [0.15, 0.2) is 61.1 Å². The summed E-state index contributed by atoms with van der Waals surface area (Å²) in [5.41, 5.74) is 1.70. The van der Waals surface area contributed by atoms with Crippen LogP contribution in [0.25, 0.3) is 0 Å². The van der Waals surface area contributed by atoms with Gasteiger partial charge in [0.2, 0.25) is 29.5 Å². The molecule has 5 amide bonds. The molecule has 3 unspecified atom stereocenters. The van der Waals surface area contributed by atoms with Gasteiger partial charge in [0, 0.05) is 48.7 Å². The number of carbonyl (C=O) groups is 6. The van der Waals surface area contributed by atoms with Crippen molar-refractivity contribution in [1.29, 1.82) is 0 Å². The Morgan fingerprint density at radius 2 is 1.25 bits per heavy atom. The minimum absolute atomic E-state index is 0.00121. The van der Waals surface area contributed by atoms with Crippen molar-refractivity contribution in [3.8, 4) is 11.5 Å². The molecule has 0 radical (unpaired) electrons. The van der Waals surface area contributed by atoms with Gasteiger partial charge < -0.3 is 47.1 Å². The topological polar surface area (TPSA) is 244 Å². The van der Waals surface area contributed by atoms with Crippen molar-refractivity contribution in [2.75, 3.05) is 12.3 Å². The van der Waals surface area contributed by atoms with E-state index in [0.29, 0.717) is 29.8 Å². The SMILES string of the molecule is CC(=O)C1CSSC2CNC(C2)C(=O)N[C@@H](CC(C)C)C(=O)N[C@@H](Cc2ccc(O)cc2)C(=O)N[C@@H](Cc2cnc[nH]2)C(=O)N[C@@H](Cc2ccc(O)cc2)C(=O)N1. The van der Waals surface area contributed by atoms with E-state index in [2.05, 4.69) is 41.9 Å². The highest BCUT2D eigenvalue weighted by atomic mass is 33.1. The second-order valence-corrected chi connectivity index (χ2v) is 17.5. The zero-order valence-corrected chi connectivity index (χ0v) is 33.6. The molecule has 16 nitrogen and oxygen atoms in total. The average Bonchev–Trinajstić information content (AvgIpc) is 3.87. The molecule has 306 valence electrons. The molecule has 1 aromatic heterocycles. The zero-order chi connectivity index (χ0) is 41.1. The molecule has 2 bridgehead atoms. The van der Waals surface area contributed by atoms with Crippen LogP contribution < -0.4 is 31.9 Å². The van der Waals surface area contributed by atoms with E-state index in [0.717, 1.165) is 0 Å². The maximum atomic E-state index is 14.3. The molecule has 2 aliphatic rings. The van der Waals surface area contributed by atoms with Crippen molar-refractivity contribution < 1.29 is 39.0 Å². The average molecular weight is 823 g/mol. The molecule has 7 atom stereocenters. The number of benzene rings is 2. The summed E-state index contributed by atoms with van der Waals surface area (Å²) in [6.07, 6.45) is 3.54. The lowest BCUT2D eigenvalue weighted by atomic mass is 10.00. The van der Waals surface area contributed by atoms with Crippen LogP contribution in [0.3, 0.4) is 0 Å². The van der Waals surface area contributed by atoms with Crippen molar-refractivity contribution in [3.05, 3.63) is 77.9 Å². The van der Waals surface area contributed by atoms with Crippen LogP contribution in [-0.4, -0.2) is 109 Å². The number of Topliss-reactive ketones (excluding diaryl/α,β-unsaturated/α-hetero) is 1. The molecule has 2 aliphatic heterocycles. The van der Waals surface area contributed by atoms with Gasteiger partial charge in [-0.25, -0.2) is 4.98 Å². The summed E-state index contributed by atoms with van der Waals surface area (Å²) in [5, 5.41) is 37.0. The molecular formula is C39H50N8O8S2. The number of aromatic hydroxyl groups is 2. The van der Waals surface area contributed by atoms with Gasteiger partial charge in [-0.15, -0.1) is 0 Å². The van der Waals surface area contributed by atoms with Gasteiger partial charge in [0.05, 0.1) is 18.4 Å². The standard InChI is InChI=1S/C39H50N8O8S2/c1-21(2)12-30-36(52)44-31(13-23-4-8-26(49)9-5-23)37(53)46-33(15-25-17-40-20-42-25)39(55)45-32(14-24-6-10-27(50)11-7-24)38(54)47-34(22(3)48)19-56-57-28-16-29(41-18-28)35(51)43-30/h4-11,17,20-21,28-34,41,49-50H,12-16,18-19H2,1-3H3,(H,40,42)(H,43,51)(H,44,52)(H,45,55)(H,46,53)(H,47,54)/t28?,29?,30-,31-,32-,33-,34?/m0/s1. The number of H-pyrrole nitrogens is 1. The Balaban J connectivity index is 1.51. The summed E-state index contributed by atoms with van der Waals surface area (Å²) < 4.78 is 0. The molecule has 2 saturated heterocycles. The van der Waals surface area contributed by atoms with Gasteiger partial charge in [-0.3, -0.25) is 28.8 Å². The molecule has 0 aliphatic carbocycles. The third-order valence-electron chi connectivity index (χ3n) is 9.62. The minimum atomic E-state index is -1.29. The summed E-state index contributed by atoms with van der Waals surface area (Å²) >= 11 is 0. The highest BCUT2D eigenvalue weighted by Crippen LogP contribution is 2.32. The van der Waals surface area contributed by atoms with Gasteiger partial charge in [0.25, 0.3) is 0 Å². The molecule has 2 fully saturated rings. The number of hydrogen-bond donors (Lipinski definition) is 9. The second-order valence-electron chi connectivity index (χ2n) is 14.8. The molecular weight excluding hydrogens is 773 g/mol. The fraction of sp³-hybridized carbons (Fsp3) is 0.462. The Kier molecular flexibility index (Phi) is 15.4. The smallest absolute Gasteiger partial charge is 0.243 e. The maximum Gasteiger partial charge on any atom is 0.243 e. The normalized spacial score (nSPS) is 25.7. The molecule has 0 spiro atoms. The number of rotatable bonds is 9. The van der Waals surface area contributed by atoms with Crippen LogP contribution in [0.5, 0.6) is 11.5 Å². The lowest BCUT2D eigenvalue weighted by molar-refractivity contribution is -0.135. The molecule has 3 aromatic rings. The van der Waals surface area contributed by atoms with Gasteiger partial charge in [-0.1, -0.05) is 59.7 Å². The van der Waals surface area contributed by atoms with E-state index in [4.69, 9.17) is 0 Å². The number of carbonyl (C=O) groups excluding carboxylic acids is 6. The van der Waals surface area contributed by atoms with Crippen LogP contribution >= 0.6 is 21.6 Å². The van der Waals surface area contributed by atoms with Crippen molar-refractivity contribution in [3.63, 3.8) is 0 Å². The van der Waals surface area contributed by atoms with E-state index in [1.54, 1.807) is 24.3 Å². The Morgan fingerprint density at radius 3 is 1.75 bits per heavy atom. The predicted molar refractivity (Wildman–Crippen MR) is 216 cm³/mol. The second kappa shape index (κ2) is 20.4. The van der Waals surface area contributed by atoms with Crippen LogP contribution in [0.1, 0.15) is 50.4 Å². The molecule has 0 saturated carbocycles. The van der Waals surface area contributed by atoms with E-state index >= 15 is 0 Å². The first kappa shape index (κ1) is 43.1. The molecule has 9 N–H and O–H groups in total. The largest absolute Gasteiger partial charge is 0.508 e. The first-order chi connectivity index (χ1) is 27.2. The highest BCUT2D eigenvalue weighted by molar-refractivity contribution is 8.77. The van der Waals surface area contributed by atoms with Gasteiger partial charge in [0.1, 0.15) is 35.7 Å². The van der Waals surface area contributed by atoms with Crippen LogP contribution in [0.2, 0.25) is 0 Å². The molecule has 3 heterocycles. The van der Waals surface area contributed by atoms with E-state index in [9.17, 15) is 39.0 Å². The number of aromatic amines is 1. The summed E-state index contributed by atoms with van der Waals surface area (Å²) in [6, 6.07) is 6.05. The van der Waals surface area contributed by atoms with E-state index in [1.165, 1.54) is 65.3 Å². The molecule has 18 heteroatoms. The number of aromatic nitrogens is 2. The lowest BCUT2D eigenvalue weighted by Crippen LogP contribution is -2.60. The van der Waals surface area contributed by atoms with Crippen molar-refractivity contribution in [2.45, 2.75) is 94.4 Å². The number of nitrogens with zero attached hydrogens (tertiary/aromatic N) is 1. The Morgan fingerprint density at radius 1 is 0.737 bits per heavy atom. The van der Waals surface area contributed by atoms with Gasteiger partial charge in [0.15, 0.2) is 5.78 Å². The fourth-order valence-corrected chi connectivity index (χ4v) is 9.31. The number of hydrogen-bond acceptors (Lipinski definition) is 12. The van der Waals surface area contributed by atoms with Crippen molar-refractivity contribution in [1.82, 2.24) is 41.9 Å². The molecule has 2 aromatic carbocycles. The summed E-state index contributed by atoms with van der Waals surface area (Å²) in [6.45, 7) is 5.71. The maximum absolute atomic E-state index is 14.3. The Bertz CT molecular complexity index is 1860. The van der Waals surface area contributed by atoms with Crippen molar-refractivity contribution >= 4 is 56.9 Å². The van der Waals surface area contributed by atoms with Crippen molar-refractivity contribution in [2.24, 2.45) is 5.92 Å². The number of ketones is 1. The lowest BCUT2D eigenvalue weighted by Gasteiger charge is -2.28. The van der Waals surface area contributed by atoms with E-state index in [-0.39, 0.29) is 65.8 Å². The summed E-state index contributed by atoms with van der Waals surface area (Å²) in [5.74, 6) is -3.07. The Hall–Kier alpha value is -5.07. The number of amides is 5. The third kappa shape index (κ3) is 13.0. The number of phenolic OH excluding ortho intramolecular Hbond substituents is 2. The van der Waals surface area contributed by atoms with Gasteiger partial charge >= 0.3 is 0 Å². The number of nitrogens with one attached hydrogen (secondary N) is 7. The predicted octanol–water partition coefficient (Wildman–Crippen LogP) is 1.03. The molecule has 5 rings (SSSR count). The van der Waals surface area contributed by atoms with Crippen LogP contribution in [0.4, 0.5) is 0 Å².